The molecule has 0 spiro atoms. The van der Waals surface area contributed by atoms with Gasteiger partial charge < -0.3 is 4.90 Å². The van der Waals surface area contributed by atoms with E-state index in [0.29, 0.717) is 0 Å². The highest BCUT2D eigenvalue weighted by molar-refractivity contribution is 4.92. The van der Waals surface area contributed by atoms with Crippen LogP contribution in [0.25, 0.3) is 0 Å². The Morgan fingerprint density at radius 3 is 2.11 bits per heavy atom. The molecule has 0 atom stereocenters. The van der Waals surface area contributed by atoms with Crippen LogP contribution in [0.5, 0.6) is 0 Å². The van der Waals surface area contributed by atoms with Gasteiger partial charge in [0.05, 0.1) is 0 Å². The third kappa shape index (κ3) is 0.752. The van der Waals surface area contributed by atoms with E-state index in [2.05, 4.69) is 11.5 Å². The first-order chi connectivity index (χ1) is 4.38. The average Bonchev–Trinajstić information content (AvgIpc) is 1.87. The lowest BCUT2D eigenvalue weighted by Crippen LogP contribution is -2.45. The fraction of sp³-hybridized carbons (Fsp3) is 0.750. The smallest absolute Gasteiger partial charge is 0.0200 e. The average molecular weight is 123 g/mol. The van der Waals surface area contributed by atoms with E-state index in [9.17, 15) is 0 Å². The predicted octanol–water partition coefficient (Wildman–Crippen LogP) is 1.47. The zero-order valence-corrected chi connectivity index (χ0v) is 5.71. The molecule has 0 aromatic heterocycles. The van der Waals surface area contributed by atoms with Gasteiger partial charge in [-0.2, -0.15) is 0 Å². The second kappa shape index (κ2) is 1.76. The lowest BCUT2D eigenvalue weighted by atomic mass is 9.71. The Morgan fingerprint density at radius 2 is 1.78 bits per heavy atom. The van der Waals surface area contributed by atoms with Crippen LogP contribution in [0.1, 0.15) is 12.8 Å². The van der Waals surface area contributed by atoms with Crippen LogP contribution in [0.2, 0.25) is 0 Å². The van der Waals surface area contributed by atoms with E-state index in [4.69, 9.17) is 0 Å². The van der Waals surface area contributed by atoms with Crippen LogP contribution < -0.4 is 0 Å². The minimum absolute atomic E-state index is 1.02. The van der Waals surface area contributed by atoms with Gasteiger partial charge in [0.1, 0.15) is 0 Å². The lowest BCUT2D eigenvalue weighted by molar-refractivity contribution is 0.0573. The second-order valence-electron chi connectivity index (χ2n) is 3.34. The van der Waals surface area contributed by atoms with Gasteiger partial charge in [-0.05, 0) is 30.9 Å². The fourth-order valence-corrected chi connectivity index (χ4v) is 2.06. The van der Waals surface area contributed by atoms with Crippen molar-refractivity contribution in [2.24, 2.45) is 11.8 Å². The van der Waals surface area contributed by atoms with E-state index >= 15 is 0 Å². The normalized spacial score (nSPS) is 39.8. The molecular weight excluding hydrogens is 110 g/mol. The molecule has 3 fully saturated rings. The molecule has 2 heterocycles. The summed E-state index contributed by atoms with van der Waals surface area (Å²) in [5.41, 5.74) is 0. The summed E-state index contributed by atoms with van der Waals surface area (Å²) in [6.45, 7) is 6.32. The van der Waals surface area contributed by atoms with Crippen LogP contribution in [0.15, 0.2) is 12.8 Å². The van der Waals surface area contributed by atoms with E-state index in [-0.39, 0.29) is 0 Å². The summed E-state index contributed by atoms with van der Waals surface area (Å²) >= 11 is 0. The Hall–Kier alpha value is -0.460. The summed E-state index contributed by atoms with van der Waals surface area (Å²) in [4.78, 5) is 2.35. The fourth-order valence-electron chi connectivity index (χ4n) is 2.06. The molecule has 3 rings (SSSR count). The molecule has 3 aliphatic rings. The molecule has 50 valence electrons. The maximum Gasteiger partial charge on any atom is 0.0200 e. The van der Waals surface area contributed by atoms with E-state index < -0.39 is 0 Å². The summed E-state index contributed by atoms with van der Waals surface area (Å²) in [7, 11) is 0. The third-order valence-electron chi connectivity index (χ3n) is 2.58. The first-order valence-corrected chi connectivity index (χ1v) is 3.75. The van der Waals surface area contributed by atoms with Gasteiger partial charge in [-0.25, -0.2) is 0 Å². The minimum Gasteiger partial charge on any atom is -0.377 e. The van der Waals surface area contributed by atoms with Gasteiger partial charge in [0.15, 0.2) is 0 Å². The Balaban J connectivity index is 1.96. The lowest BCUT2D eigenvalue weighted by Gasteiger charge is -2.46. The molecule has 0 amide bonds. The zero-order valence-electron chi connectivity index (χ0n) is 5.71. The van der Waals surface area contributed by atoms with Gasteiger partial charge >= 0.3 is 0 Å². The number of hydrogen-bond donors (Lipinski definition) is 0. The van der Waals surface area contributed by atoms with Crippen LogP contribution in [-0.2, 0) is 0 Å². The third-order valence-corrected chi connectivity index (χ3v) is 2.58. The topological polar surface area (TPSA) is 3.24 Å². The van der Waals surface area contributed by atoms with E-state index in [0.717, 1.165) is 11.8 Å². The zero-order chi connectivity index (χ0) is 6.27. The number of fused-ring (bicyclic) bond motifs is 2. The molecule has 1 saturated carbocycles. The molecule has 2 saturated heterocycles. The Kier molecular flexibility index (Phi) is 1.04. The van der Waals surface area contributed by atoms with Crippen LogP contribution in [0.4, 0.5) is 0 Å². The maximum absolute atomic E-state index is 3.77. The largest absolute Gasteiger partial charge is 0.377 e. The molecule has 1 nitrogen and oxygen atoms in total. The van der Waals surface area contributed by atoms with Crippen molar-refractivity contribution in [3.8, 4) is 0 Å². The molecule has 9 heavy (non-hydrogen) atoms. The van der Waals surface area contributed by atoms with Crippen molar-refractivity contribution < 1.29 is 0 Å². The maximum atomic E-state index is 3.77. The van der Waals surface area contributed by atoms with E-state index in [1.54, 1.807) is 0 Å². The van der Waals surface area contributed by atoms with Crippen molar-refractivity contribution in [3.05, 3.63) is 12.8 Å². The van der Waals surface area contributed by atoms with Crippen LogP contribution >= 0.6 is 0 Å². The quantitative estimate of drug-likeness (QED) is 0.510. The van der Waals surface area contributed by atoms with Gasteiger partial charge in [0.2, 0.25) is 0 Å². The highest BCUT2D eigenvalue weighted by Gasteiger charge is 2.35. The van der Waals surface area contributed by atoms with Crippen LogP contribution in [-0.4, -0.2) is 18.0 Å². The van der Waals surface area contributed by atoms with E-state index in [1.165, 1.54) is 25.9 Å². The molecule has 0 aromatic rings. The summed E-state index contributed by atoms with van der Waals surface area (Å²) in [5.74, 6) is 2.03. The summed E-state index contributed by atoms with van der Waals surface area (Å²) in [6, 6.07) is 0. The van der Waals surface area contributed by atoms with Gasteiger partial charge in [0.25, 0.3) is 0 Å². The second-order valence-corrected chi connectivity index (χ2v) is 3.34. The van der Waals surface area contributed by atoms with Gasteiger partial charge in [0, 0.05) is 13.1 Å². The molecule has 0 radical (unpaired) electrons. The van der Waals surface area contributed by atoms with Gasteiger partial charge in [-0.1, -0.05) is 6.58 Å². The summed E-state index contributed by atoms with van der Waals surface area (Å²) in [5, 5.41) is 0. The number of rotatable bonds is 1. The van der Waals surface area contributed by atoms with Crippen molar-refractivity contribution in [1.29, 1.82) is 0 Å². The predicted molar refractivity (Wildman–Crippen MR) is 38.0 cm³/mol. The Labute approximate surface area is 56.4 Å². The monoisotopic (exact) mass is 123 g/mol. The molecule has 1 heteroatoms. The molecule has 0 aromatic carbocycles. The number of piperidine rings is 2. The van der Waals surface area contributed by atoms with Crippen molar-refractivity contribution in [2.45, 2.75) is 12.8 Å². The van der Waals surface area contributed by atoms with Crippen molar-refractivity contribution in [3.63, 3.8) is 0 Å². The van der Waals surface area contributed by atoms with Gasteiger partial charge in [-0.15, -0.1) is 0 Å². The number of hydrogen-bond acceptors (Lipinski definition) is 1. The minimum atomic E-state index is 1.02. The Morgan fingerprint density at radius 1 is 1.22 bits per heavy atom. The van der Waals surface area contributed by atoms with Crippen molar-refractivity contribution in [2.75, 3.05) is 13.1 Å². The molecule has 2 aliphatic heterocycles. The van der Waals surface area contributed by atoms with Crippen molar-refractivity contribution in [1.82, 2.24) is 4.90 Å². The molecular formula is C8H13N. The molecule has 2 bridgehead atoms. The first kappa shape index (κ1) is 5.33. The number of nitrogens with zero attached hydrogens (tertiary/aromatic N) is 1. The van der Waals surface area contributed by atoms with Gasteiger partial charge in [-0.3, -0.25) is 0 Å². The highest BCUT2D eigenvalue weighted by atomic mass is 15.1. The molecule has 0 unspecified atom stereocenters. The standard InChI is InChI=1S/C8H13N/c1-2-9-5-7-3-8(4-7)6-9/h2,7-8H,1,3-6H2. The molecule has 0 N–H and O–H groups in total. The highest BCUT2D eigenvalue weighted by Crippen LogP contribution is 2.39. The van der Waals surface area contributed by atoms with Crippen LogP contribution in [0.3, 0.4) is 0 Å². The van der Waals surface area contributed by atoms with Crippen LogP contribution in [0, 0.1) is 11.8 Å². The Bertz CT molecular complexity index is 115. The SMILES string of the molecule is C=CN1CC2CC(C2)C1. The van der Waals surface area contributed by atoms with E-state index in [1.807, 2.05) is 6.20 Å². The van der Waals surface area contributed by atoms with Crippen molar-refractivity contribution >= 4 is 0 Å². The summed E-state index contributed by atoms with van der Waals surface area (Å²) < 4.78 is 0. The summed E-state index contributed by atoms with van der Waals surface area (Å²) in [6.07, 6.45) is 4.97. The first-order valence-electron chi connectivity index (χ1n) is 3.75. The molecule has 1 aliphatic carbocycles.